The number of para-hydroxylation sites is 1. The van der Waals surface area contributed by atoms with E-state index in [1.54, 1.807) is 0 Å². The van der Waals surface area contributed by atoms with Crippen LogP contribution in [0.1, 0.15) is 29.5 Å². The lowest BCUT2D eigenvalue weighted by Crippen LogP contribution is -2.13. The highest BCUT2D eigenvalue weighted by molar-refractivity contribution is 7.14. The molecule has 2 aromatic carbocycles. The molecule has 31 heavy (non-hydrogen) atoms. The van der Waals surface area contributed by atoms with E-state index in [1.165, 1.54) is 12.1 Å². The van der Waals surface area contributed by atoms with Crippen LogP contribution >= 0.6 is 11.3 Å². The summed E-state index contributed by atoms with van der Waals surface area (Å²) >= 11 is 1.04. The normalized spacial score (nSPS) is 12.5. The Labute approximate surface area is 181 Å². The van der Waals surface area contributed by atoms with Crippen molar-refractivity contribution in [3.8, 4) is 22.1 Å². The summed E-state index contributed by atoms with van der Waals surface area (Å²) in [5, 5.41) is 17.4. The summed E-state index contributed by atoms with van der Waals surface area (Å²) in [4.78, 5) is 0. The zero-order valence-electron chi connectivity index (χ0n) is 16.5. The third kappa shape index (κ3) is 6.39. The Morgan fingerprint density at radius 3 is 2.39 bits per heavy atom. The zero-order chi connectivity index (χ0) is 22.3. The van der Waals surface area contributed by atoms with Crippen LogP contribution in [0.15, 0.2) is 48.5 Å². The van der Waals surface area contributed by atoms with E-state index in [1.807, 2.05) is 30.3 Å². The molecule has 1 unspecified atom stereocenters. The first-order valence-electron chi connectivity index (χ1n) is 9.60. The summed E-state index contributed by atoms with van der Waals surface area (Å²) in [5.74, 6) is 0.509. The first-order valence-corrected chi connectivity index (χ1v) is 10.4. The fourth-order valence-electron chi connectivity index (χ4n) is 2.68. The fraction of sp³-hybridized carbons (Fsp3) is 0.333. The molecule has 1 aromatic heterocycles. The van der Waals surface area contributed by atoms with Gasteiger partial charge in [-0.15, -0.1) is 10.2 Å². The topological polar surface area (TPSA) is 90.5 Å². The van der Waals surface area contributed by atoms with Crippen molar-refractivity contribution < 1.29 is 27.8 Å². The first kappa shape index (κ1) is 23.0. The number of aliphatic hydroxyl groups excluding tert-OH is 1. The van der Waals surface area contributed by atoms with Crippen LogP contribution in [0.25, 0.3) is 10.6 Å². The molecule has 0 saturated heterocycles. The highest BCUT2D eigenvalue weighted by Gasteiger charge is 2.35. The highest BCUT2D eigenvalue weighted by atomic mass is 32.1. The number of rotatable bonds is 10. The van der Waals surface area contributed by atoms with Crippen molar-refractivity contribution in [1.82, 2.24) is 10.2 Å². The van der Waals surface area contributed by atoms with Gasteiger partial charge >= 0.3 is 6.18 Å². The van der Waals surface area contributed by atoms with Gasteiger partial charge in [0.2, 0.25) is 0 Å². The number of nitrogens with zero attached hydrogens (tertiary/aromatic N) is 2. The molecule has 166 valence electrons. The van der Waals surface area contributed by atoms with E-state index in [4.69, 9.17) is 20.3 Å². The molecule has 0 fully saturated rings. The quantitative estimate of drug-likeness (QED) is 0.441. The SMILES string of the molecule is NC(CO)c1nnc(-c2ccc(OCCCCOc3ccccc3)c(C(F)(F)F)c2)s1. The number of alkyl halides is 3. The Morgan fingerprint density at radius 1 is 1.00 bits per heavy atom. The van der Waals surface area contributed by atoms with Crippen LogP contribution in [-0.4, -0.2) is 35.1 Å². The van der Waals surface area contributed by atoms with E-state index in [9.17, 15) is 13.2 Å². The van der Waals surface area contributed by atoms with Crippen LogP contribution in [0.5, 0.6) is 11.5 Å². The van der Waals surface area contributed by atoms with Crippen LogP contribution in [0.4, 0.5) is 13.2 Å². The van der Waals surface area contributed by atoms with E-state index in [0.29, 0.717) is 24.5 Å². The standard InChI is InChI=1S/C21H22F3N3O3S/c22-21(23,24)16-12-14(19-26-27-20(31-19)17(25)13-28)8-9-18(16)30-11-5-4-10-29-15-6-2-1-3-7-15/h1-3,6-9,12,17,28H,4-5,10-11,13,25H2. The minimum atomic E-state index is -4.59. The molecule has 0 aliphatic carbocycles. The number of hydrogen-bond acceptors (Lipinski definition) is 7. The predicted molar refractivity (Wildman–Crippen MR) is 111 cm³/mol. The summed E-state index contributed by atoms with van der Waals surface area (Å²) in [5.41, 5.74) is 5.05. The van der Waals surface area contributed by atoms with Gasteiger partial charge in [-0.1, -0.05) is 29.5 Å². The monoisotopic (exact) mass is 453 g/mol. The van der Waals surface area contributed by atoms with Crippen LogP contribution in [0.2, 0.25) is 0 Å². The molecule has 1 atom stereocenters. The van der Waals surface area contributed by atoms with Crippen molar-refractivity contribution in [1.29, 1.82) is 0 Å². The molecule has 1 heterocycles. The van der Waals surface area contributed by atoms with Gasteiger partial charge in [-0.2, -0.15) is 13.2 Å². The number of halogens is 3. The molecule has 0 radical (unpaired) electrons. The van der Waals surface area contributed by atoms with Gasteiger partial charge in [0, 0.05) is 5.56 Å². The minimum Gasteiger partial charge on any atom is -0.494 e. The van der Waals surface area contributed by atoms with Gasteiger partial charge in [0.05, 0.1) is 31.4 Å². The lowest BCUT2D eigenvalue weighted by atomic mass is 10.1. The number of aliphatic hydroxyl groups is 1. The molecule has 3 N–H and O–H groups in total. The number of hydrogen-bond donors (Lipinski definition) is 2. The van der Waals surface area contributed by atoms with Crippen molar-refractivity contribution in [2.75, 3.05) is 19.8 Å². The average Bonchev–Trinajstić information content (AvgIpc) is 3.26. The van der Waals surface area contributed by atoms with E-state index in [2.05, 4.69) is 10.2 Å². The average molecular weight is 453 g/mol. The predicted octanol–water partition coefficient (Wildman–Crippen LogP) is 4.45. The molecule has 10 heteroatoms. The zero-order valence-corrected chi connectivity index (χ0v) is 17.3. The van der Waals surface area contributed by atoms with Gasteiger partial charge in [0.25, 0.3) is 0 Å². The molecule has 3 aromatic rings. The van der Waals surface area contributed by atoms with Gasteiger partial charge in [0.1, 0.15) is 21.5 Å². The van der Waals surface area contributed by atoms with Gasteiger partial charge in [0.15, 0.2) is 0 Å². The minimum absolute atomic E-state index is 0.134. The second-order valence-electron chi connectivity index (χ2n) is 6.66. The van der Waals surface area contributed by atoms with Crippen molar-refractivity contribution in [2.24, 2.45) is 5.73 Å². The maximum absolute atomic E-state index is 13.6. The van der Waals surface area contributed by atoms with Crippen LogP contribution < -0.4 is 15.2 Å². The van der Waals surface area contributed by atoms with Gasteiger partial charge in [-0.3, -0.25) is 0 Å². The van der Waals surface area contributed by atoms with E-state index >= 15 is 0 Å². The molecule has 0 saturated carbocycles. The molecule has 3 rings (SSSR count). The Morgan fingerprint density at radius 2 is 1.71 bits per heavy atom. The van der Waals surface area contributed by atoms with Crippen LogP contribution in [0, 0.1) is 0 Å². The summed E-state index contributed by atoms with van der Waals surface area (Å²) in [6, 6.07) is 12.3. The Hall–Kier alpha value is -2.69. The summed E-state index contributed by atoms with van der Waals surface area (Å²) in [6.07, 6.45) is -3.39. The molecule has 6 nitrogen and oxygen atoms in total. The molecule has 0 bridgehead atoms. The molecular weight excluding hydrogens is 431 g/mol. The number of unbranched alkanes of at least 4 members (excludes halogenated alkanes) is 1. The second kappa shape index (κ2) is 10.6. The van der Waals surface area contributed by atoms with Gasteiger partial charge in [-0.05, 0) is 43.2 Å². The maximum atomic E-state index is 13.6. The molecular formula is C21H22F3N3O3S. The van der Waals surface area contributed by atoms with Crippen molar-refractivity contribution in [2.45, 2.75) is 25.1 Å². The number of benzene rings is 2. The van der Waals surface area contributed by atoms with Crippen molar-refractivity contribution in [3.05, 3.63) is 59.1 Å². The second-order valence-corrected chi connectivity index (χ2v) is 7.67. The lowest BCUT2D eigenvalue weighted by Gasteiger charge is -2.15. The van der Waals surface area contributed by atoms with Crippen molar-refractivity contribution in [3.63, 3.8) is 0 Å². The number of aromatic nitrogens is 2. The van der Waals surface area contributed by atoms with Gasteiger partial charge < -0.3 is 20.3 Å². The fourth-order valence-corrected chi connectivity index (χ4v) is 3.51. The molecule has 0 aliphatic heterocycles. The third-order valence-electron chi connectivity index (χ3n) is 4.29. The number of ether oxygens (including phenoxy) is 2. The van der Waals surface area contributed by atoms with E-state index < -0.39 is 17.8 Å². The van der Waals surface area contributed by atoms with Gasteiger partial charge in [-0.25, -0.2) is 0 Å². The molecule has 0 amide bonds. The smallest absolute Gasteiger partial charge is 0.419 e. The highest BCUT2D eigenvalue weighted by Crippen LogP contribution is 2.39. The maximum Gasteiger partial charge on any atom is 0.419 e. The Kier molecular flexibility index (Phi) is 7.83. The van der Waals surface area contributed by atoms with Crippen LogP contribution in [-0.2, 0) is 6.18 Å². The molecule has 0 spiro atoms. The Balaban J connectivity index is 1.60. The Bertz CT molecular complexity index is 967. The number of nitrogens with two attached hydrogens (primary N) is 1. The lowest BCUT2D eigenvalue weighted by molar-refractivity contribution is -0.138. The summed E-state index contributed by atoms with van der Waals surface area (Å²) < 4.78 is 51.7. The molecule has 0 aliphatic rings. The van der Waals surface area contributed by atoms with E-state index in [-0.39, 0.29) is 29.5 Å². The summed E-state index contributed by atoms with van der Waals surface area (Å²) in [6.45, 7) is 0.258. The van der Waals surface area contributed by atoms with E-state index in [0.717, 1.165) is 23.2 Å². The largest absolute Gasteiger partial charge is 0.494 e. The van der Waals surface area contributed by atoms with Crippen molar-refractivity contribution >= 4 is 11.3 Å². The first-order chi connectivity index (χ1) is 14.9. The summed E-state index contributed by atoms with van der Waals surface area (Å²) in [7, 11) is 0. The third-order valence-corrected chi connectivity index (χ3v) is 5.40. The van der Waals surface area contributed by atoms with Crippen LogP contribution in [0.3, 0.4) is 0 Å².